The maximum Gasteiger partial charge on any atom is 0.261 e. The molecule has 4 saturated heterocycles. The lowest BCUT2D eigenvalue weighted by Crippen LogP contribution is -2.64. The van der Waals surface area contributed by atoms with E-state index in [0.29, 0.717) is 32.8 Å². The van der Waals surface area contributed by atoms with Crippen molar-refractivity contribution in [3.8, 4) is 28.4 Å². The van der Waals surface area contributed by atoms with E-state index in [1.165, 1.54) is 31.9 Å². The van der Waals surface area contributed by atoms with Gasteiger partial charge in [0.2, 0.25) is 35.4 Å². The summed E-state index contributed by atoms with van der Waals surface area (Å²) < 4.78 is 15.3. The average molecular weight is 1330 g/mol. The smallest absolute Gasteiger partial charge is 0.261 e. The van der Waals surface area contributed by atoms with E-state index in [0.717, 1.165) is 63.9 Å². The number of carbonyl (C=O) groups excluding carboxylic acids is 7. The van der Waals surface area contributed by atoms with Crippen LogP contribution < -0.4 is 51.0 Å². The molecule has 0 aromatic heterocycles. The van der Waals surface area contributed by atoms with Crippen LogP contribution in [0.2, 0.25) is 0 Å². The molecular weight excluding hydrogens is 1240 g/mol. The Morgan fingerprint density at radius 1 is 0.713 bits per heavy atom. The molecule has 512 valence electrons. The van der Waals surface area contributed by atoms with Crippen molar-refractivity contribution in [3.05, 3.63) is 102 Å². The van der Waals surface area contributed by atoms with Crippen molar-refractivity contribution in [3.63, 3.8) is 0 Å². The first-order valence-corrected chi connectivity index (χ1v) is 32.2. The van der Waals surface area contributed by atoms with Gasteiger partial charge in [0.25, 0.3) is 18.2 Å². The van der Waals surface area contributed by atoms with Gasteiger partial charge in [0.15, 0.2) is 11.5 Å². The first-order valence-electron chi connectivity index (χ1n) is 31.5. The number of phenols is 1. The topological polar surface area (TPSA) is 417 Å². The van der Waals surface area contributed by atoms with Gasteiger partial charge in [-0.3, -0.25) is 33.6 Å². The lowest BCUT2D eigenvalue weighted by molar-refractivity contribution is -0.433. The number of phenolic OH excluding ortho intramolecular Hbond substituents is 1. The minimum absolute atomic E-state index is 0.0851. The van der Waals surface area contributed by atoms with E-state index >= 15 is 0 Å². The molecular formula is C64H86N10O19S. The predicted octanol–water partition coefficient (Wildman–Crippen LogP) is 0.00540. The molecule has 94 heavy (non-hydrogen) atoms. The molecule has 4 aromatic rings. The summed E-state index contributed by atoms with van der Waals surface area (Å²) in [6, 6.07) is 15.7. The summed E-state index contributed by atoms with van der Waals surface area (Å²) in [7, 11) is 0. The molecule has 0 radical (unpaired) electrons. The van der Waals surface area contributed by atoms with E-state index in [9.17, 15) is 69.3 Å². The summed E-state index contributed by atoms with van der Waals surface area (Å²) in [5, 5.41) is 103. The number of rotatable bonds is 22. The van der Waals surface area contributed by atoms with Crippen LogP contribution in [0, 0.1) is 5.92 Å². The lowest BCUT2D eigenvalue weighted by Gasteiger charge is -2.37. The van der Waals surface area contributed by atoms with Crippen molar-refractivity contribution >= 4 is 65.0 Å². The number of piperazine rings is 1. The van der Waals surface area contributed by atoms with Gasteiger partial charge in [-0.1, -0.05) is 72.8 Å². The molecule has 0 aliphatic carbocycles. The summed E-state index contributed by atoms with van der Waals surface area (Å²) in [5.41, 5.74) is 10.1. The van der Waals surface area contributed by atoms with Crippen LogP contribution in [0.3, 0.4) is 0 Å². The Labute approximate surface area is 548 Å². The van der Waals surface area contributed by atoms with Gasteiger partial charge in [0.05, 0.1) is 43.2 Å². The third-order valence-electron chi connectivity index (χ3n) is 17.3. The number of benzene rings is 4. The highest BCUT2D eigenvalue weighted by Crippen LogP contribution is 2.32. The fourth-order valence-electron chi connectivity index (χ4n) is 12.0. The third kappa shape index (κ3) is 18.5. The number of fused-ring (bicyclic) bond motifs is 2. The average Bonchev–Trinajstić information content (AvgIpc) is 1.63. The van der Waals surface area contributed by atoms with Crippen LogP contribution in [-0.4, -0.2) is 224 Å². The third-order valence-corrected chi connectivity index (χ3v) is 17.7. The fourth-order valence-corrected chi connectivity index (χ4v) is 12.3. The maximum absolute atomic E-state index is 14.7. The first-order chi connectivity index (χ1) is 45.1. The number of anilines is 2. The minimum Gasteiger partial charge on any atom is -0.504 e. The molecule has 4 heterocycles. The first kappa shape index (κ1) is 72.0. The number of aliphatic hydroxyl groups is 6. The molecule has 30 heteroatoms. The van der Waals surface area contributed by atoms with Crippen molar-refractivity contribution in [2.24, 2.45) is 11.7 Å². The summed E-state index contributed by atoms with van der Waals surface area (Å²) in [4.78, 5) is 108. The maximum atomic E-state index is 14.7. The Bertz CT molecular complexity index is 3200. The van der Waals surface area contributed by atoms with E-state index in [4.69, 9.17) is 19.9 Å². The standard InChI is InChI=1S/C64H86N10O19S/c1-4-5-6-7-28-90-46-19-13-40(14-20-46)39-9-15-42(16-10-39)71-24-26-72(27-25-71)43-17-11-41(12-18-43)58(82)67-47-31-44(76)33-66-62(86)56-57(81)36(2)34-74(56)64(88)55(50(79)22-23-65)70-61(85)54(51(80)29-38-8-21-49(78)52(30-38)91-94-93-92-89)69-60(84)48-32-45(77)35-73(48)63(87)53(37(3)75)68-59(47)83/h8-21,30,36-37,44-45,47-48,50-51,53-57,75-81,89H,4-7,22-29,31-35,65H2,1-3H3,(H,66,86)(H,67,82)(H,68,83)(H,69,84)(H,70,85)/t36-,37+,44+,45+,47+,48+,50-,51-,53+,54+,55+,56+,57+/m1/s1. The van der Waals surface area contributed by atoms with Crippen LogP contribution >= 0.6 is 12.3 Å². The Kier molecular flexibility index (Phi) is 26.0. The van der Waals surface area contributed by atoms with Crippen LogP contribution in [0.4, 0.5) is 11.4 Å². The largest absolute Gasteiger partial charge is 0.504 e. The van der Waals surface area contributed by atoms with Gasteiger partial charge in [-0.2, -0.15) is 0 Å². The molecule has 8 rings (SSSR count). The second-order valence-corrected chi connectivity index (χ2v) is 24.6. The number of aliphatic hydroxyl groups excluding tert-OH is 6. The summed E-state index contributed by atoms with van der Waals surface area (Å²) >= 11 is 0.0851. The number of nitrogens with two attached hydrogens (primary N) is 1. The van der Waals surface area contributed by atoms with E-state index < -0.39 is 158 Å². The van der Waals surface area contributed by atoms with Crippen molar-refractivity contribution in [2.45, 2.75) is 145 Å². The normalized spacial score (nSPS) is 25.4. The van der Waals surface area contributed by atoms with Gasteiger partial charge >= 0.3 is 0 Å². The second kappa shape index (κ2) is 34.0. The number of β-amino-alcohol motifs (C(OH)–C–C–N with tert-alkyl or cyclic N) is 1. The molecule has 13 atom stereocenters. The van der Waals surface area contributed by atoms with E-state index in [-0.39, 0.29) is 48.7 Å². The highest BCUT2D eigenvalue weighted by molar-refractivity contribution is 7.90. The number of carbonyl (C=O) groups is 7. The van der Waals surface area contributed by atoms with Gasteiger partial charge < -0.3 is 96.6 Å². The molecule has 4 fully saturated rings. The highest BCUT2D eigenvalue weighted by atomic mass is 32.2. The fraction of sp³-hybridized carbons (Fsp3) is 0.516. The van der Waals surface area contributed by atoms with Gasteiger partial charge in [0, 0.05) is 87.9 Å². The number of amides is 7. The quantitative estimate of drug-likeness (QED) is 0.0213. The molecule has 29 nitrogen and oxygen atoms in total. The number of hydrogen-bond donors (Lipinski definition) is 14. The summed E-state index contributed by atoms with van der Waals surface area (Å²) in [5.74, 6) is -8.32. The molecule has 7 amide bonds. The van der Waals surface area contributed by atoms with Crippen LogP contribution in [0.15, 0.2) is 91.0 Å². The molecule has 4 aliphatic heterocycles. The van der Waals surface area contributed by atoms with Crippen LogP contribution in [0.5, 0.6) is 17.2 Å². The lowest BCUT2D eigenvalue weighted by atomic mass is 9.98. The SMILES string of the molecule is CCCCCCOc1ccc(-c2ccc(N3CCN(c4ccc(C(=O)N[C@H]5C[C@H](O)CNC(=O)[C@@H]6[C@@H](O)[C@H](C)CN6C(=O)[C@H]([C@H](O)CCN)NC(=O)[C@H]([C@H](O)Cc6ccc(O)c(OSOOO)c6)NC(=O)[C@@H]6C[C@H](O)CN6C(=O)[C@H]([C@H](C)O)NC5=O)cc4)CC3)cc2)cc1. The highest BCUT2D eigenvalue weighted by Gasteiger charge is 2.50. The van der Waals surface area contributed by atoms with E-state index in [1.807, 2.05) is 12.1 Å². The van der Waals surface area contributed by atoms with Crippen molar-refractivity contribution in [1.29, 1.82) is 0 Å². The summed E-state index contributed by atoms with van der Waals surface area (Å²) in [6.07, 6.45) is -7.56. The van der Waals surface area contributed by atoms with Crippen LogP contribution in [-0.2, 0) is 44.6 Å². The molecule has 4 aliphatic rings. The molecule has 4 aromatic carbocycles. The molecule has 0 spiro atoms. The van der Waals surface area contributed by atoms with Gasteiger partial charge in [0.1, 0.15) is 42.0 Å². The van der Waals surface area contributed by atoms with Crippen molar-refractivity contribution in [1.82, 2.24) is 36.4 Å². The second-order valence-electron chi connectivity index (χ2n) is 24.2. The Hall–Kier alpha value is -7.88. The van der Waals surface area contributed by atoms with Crippen molar-refractivity contribution < 1.29 is 92.9 Å². The number of ether oxygens (including phenoxy) is 1. The molecule has 0 saturated carbocycles. The van der Waals surface area contributed by atoms with Crippen molar-refractivity contribution in [2.75, 3.05) is 68.8 Å². The van der Waals surface area contributed by atoms with Gasteiger partial charge in [-0.25, -0.2) is 5.26 Å². The number of nitrogens with zero attached hydrogens (tertiary/aromatic N) is 4. The Morgan fingerprint density at radius 3 is 1.96 bits per heavy atom. The Morgan fingerprint density at radius 2 is 1.33 bits per heavy atom. The monoisotopic (exact) mass is 1330 g/mol. The zero-order valence-electron chi connectivity index (χ0n) is 52.5. The summed E-state index contributed by atoms with van der Waals surface area (Å²) in [6.45, 7) is 6.52. The van der Waals surface area contributed by atoms with Gasteiger partial charge in [-0.15, -0.1) is 0 Å². The number of hydrogen-bond acceptors (Lipinski definition) is 23. The van der Waals surface area contributed by atoms with Gasteiger partial charge in [-0.05, 0) is 104 Å². The predicted molar refractivity (Wildman–Crippen MR) is 342 cm³/mol. The molecule has 0 bridgehead atoms. The zero-order chi connectivity index (χ0) is 67.8. The van der Waals surface area contributed by atoms with E-state index in [1.54, 1.807) is 24.3 Å². The number of aromatic hydroxyl groups is 1. The molecule has 15 N–H and O–H groups in total. The van der Waals surface area contributed by atoms with Crippen LogP contribution in [0.25, 0.3) is 11.1 Å². The Balaban J connectivity index is 1.01. The zero-order valence-corrected chi connectivity index (χ0v) is 53.3. The molecule has 0 unspecified atom stereocenters. The van der Waals surface area contributed by atoms with E-state index in [2.05, 4.69) is 89.1 Å². The number of unbranched alkanes of at least 4 members (excludes halogenated alkanes) is 3. The van der Waals surface area contributed by atoms with Crippen LogP contribution in [0.1, 0.15) is 81.6 Å². The minimum atomic E-state index is -2.10. The number of nitrogens with one attached hydrogen (secondary N) is 5.